The molecule has 19 heavy (non-hydrogen) atoms. The van der Waals surface area contributed by atoms with Crippen LogP contribution in [0.4, 0.5) is 4.39 Å². The highest BCUT2D eigenvalue weighted by Crippen LogP contribution is 2.41. The van der Waals surface area contributed by atoms with Crippen molar-refractivity contribution in [1.29, 1.82) is 0 Å². The molecule has 2 aromatic rings. The Balaban J connectivity index is 2.20. The normalized spacial score (nSPS) is 14.6. The number of nitrogens with zero attached hydrogens (tertiary/aromatic N) is 1. The van der Waals surface area contributed by atoms with Crippen LogP contribution in [0.15, 0.2) is 34.8 Å². The van der Waals surface area contributed by atoms with Crippen LogP contribution in [0.2, 0.25) is 0 Å². The number of hydrogen-bond acceptors (Lipinski definition) is 1. The lowest BCUT2D eigenvalue weighted by Gasteiger charge is -2.12. The molecule has 3 rings (SSSR count). The van der Waals surface area contributed by atoms with Crippen molar-refractivity contribution < 1.29 is 14.3 Å². The first-order chi connectivity index (χ1) is 9.08. The standard InChI is InChI=1S/C14H11BrFNO2/c15-11-4-1-8(16)7-10(11)12-5-6-13(14(18)19)17(12)9-2-3-9/h1,4-7,9H,2-3H2,(H,18,19). The van der Waals surface area contributed by atoms with Gasteiger partial charge in [0, 0.05) is 16.1 Å². The Bertz CT molecular complexity index is 661. The van der Waals surface area contributed by atoms with Gasteiger partial charge < -0.3 is 9.67 Å². The molecule has 0 saturated heterocycles. The van der Waals surface area contributed by atoms with E-state index in [1.54, 1.807) is 22.8 Å². The van der Waals surface area contributed by atoms with Crippen LogP contribution < -0.4 is 0 Å². The second-order valence-corrected chi connectivity index (χ2v) is 5.49. The average Bonchev–Trinajstić information content (AvgIpc) is 3.11. The highest BCUT2D eigenvalue weighted by Gasteiger charge is 2.30. The van der Waals surface area contributed by atoms with Crippen molar-refractivity contribution in [2.75, 3.05) is 0 Å². The van der Waals surface area contributed by atoms with Crippen LogP contribution in [0, 0.1) is 5.82 Å². The van der Waals surface area contributed by atoms with E-state index in [1.165, 1.54) is 12.1 Å². The van der Waals surface area contributed by atoms with E-state index in [2.05, 4.69) is 15.9 Å². The van der Waals surface area contributed by atoms with Gasteiger partial charge in [0.1, 0.15) is 11.5 Å². The molecule has 3 nitrogen and oxygen atoms in total. The number of aromatic nitrogens is 1. The molecule has 1 fully saturated rings. The third-order valence-corrected chi connectivity index (χ3v) is 3.95. The topological polar surface area (TPSA) is 42.2 Å². The Kier molecular flexibility index (Phi) is 2.93. The smallest absolute Gasteiger partial charge is 0.352 e. The van der Waals surface area contributed by atoms with E-state index >= 15 is 0 Å². The van der Waals surface area contributed by atoms with Crippen molar-refractivity contribution in [2.45, 2.75) is 18.9 Å². The maximum absolute atomic E-state index is 13.4. The summed E-state index contributed by atoms with van der Waals surface area (Å²) >= 11 is 3.39. The van der Waals surface area contributed by atoms with Crippen molar-refractivity contribution in [3.8, 4) is 11.3 Å². The second kappa shape index (κ2) is 4.49. The summed E-state index contributed by atoms with van der Waals surface area (Å²) in [6.45, 7) is 0. The van der Waals surface area contributed by atoms with Crippen LogP contribution in [-0.2, 0) is 0 Å². The number of carboxylic acid groups (broad SMARTS) is 1. The van der Waals surface area contributed by atoms with Gasteiger partial charge in [-0.05, 0) is 43.2 Å². The molecule has 1 aromatic heterocycles. The van der Waals surface area contributed by atoms with Gasteiger partial charge in [0.05, 0.1) is 5.69 Å². The Hall–Kier alpha value is -1.62. The first-order valence-electron chi connectivity index (χ1n) is 5.98. The zero-order valence-corrected chi connectivity index (χ0v) is 11.5. The Morgan fingerprint density at radius 1 is 1.32 bits per heavy atom. The Morgan fingerprint density at radius 2 is 2.05 bits per heavy atom. The molecule has 0 aliphatic heterocycles. The SMILES string of the molecule is O=C(O)c1ccc(-c2cc(F)ccc2Br)n1C1CC1. The third-order valence-electron chi connectivity index (χ3n) is 3.25. The van der Waals surface area contributed by atoms with Gasteiger partial charge in [-0.3, -0.25) is 0 Å². The molecule has 1 aliphatic carbocycles. The molecule has 1 heterocycles. The van der Waals surface area contributed by atoms with Crippen LogP contribution in [-0.4, -0.2) is 15.6 Å². The maximum atomic E-state index is 13.4. The number of halogens is 2. The van der Waals surface area contributed by atoms with Crippen LogP contribution >= 0.6 is 15.9 Å². The van der Waals surface area contributed by atoms with Crippen molar-refractivity contribution in [3.05, 3.63) is 46.3 Å². The number of rotatable bonds is 3. The van der Waals surface area contributed by atoms with Crippen LogP contribution in [0.1, 0.15) is 29.4 Å². The molecule has 0 spiro atoms. The van der Waals surface area contributed by atoms with E-state index in [4.69, 9.17) is 0 Å². The van der Waals surface area contributed by atoms with Crippen molar-refractivity contribution in [2.24, 2.45) is 0 Å². The summed E-state index contributed by atoms with van der Waals surface area (Å²) in [5.41, 5.74) is 1.68. The van der Waals surface area contributed by atoms with Gasteiger partial charge in [-0.25, -0.2) is 9.18 Å². The Morgan fingerprint density at radius 3 is 2.68 bits per heavy atom. The predicted molar refractivity (Wildman–Crippen MR) is 72.8 cm³/mol. The lowest BCUT2D eigenvalue weighted by Crippen LogP contribution is -2.08. The fourth-order valence-corrected chi connectivity index (χ4v) is 2.71. The maximum Gasteiger partial charge on any atom is 0.352 e. The van der Waals surface area contributed by atoms with E-state index < -0.39 is 5.97 Å². The first-order valence-corrected chi connectivity index (χ1v) is 6.77. The fraction of sp³-hybridized carbons (Fsp3) is 0.214. The van der Waals surface area contributed by atoms with Gasteiger partial charge in [-0.15, -0.1) is 0 Å². The summed E-state index contributed by atoms with van der Waals surface area (Å²) in [5, 5.41) is 9.22. The molecule has 0 unspecified atom stereocenters. The van der Waals surface area contributed by atoms with E-state index in [9.17, 15) is 14.3 Å². The summed E-state index contributed by atoms with van der Waals surface area (Å²) in [6.07, 6.45) is 1.93. The summed E-state index contributed by atoms with van der Waals surface area (Å²) in [4.78, 5) is 11.2. The van der Waals surface area contributed by atoms with E-state index in [1.807, 2.05) is 0 Å². The van der Waals surface area contributed by atoms with Gasteiger partial charge >= 0.3 is 5.97 Å². The van der Waals surface area contributed by atoms with Crippen molar-refractivity contribution >= 4 is 21.9 Å². The molecule has 1 saturated carbocycles. The Labute approximate surface area is 117 Å². The average molecular weight is 324 g/mol. The number of hydrogen-bond donors (Lipinski definition) is 1. The third kappa shape index (κ3) is 2.18. The lowest BCUT2D eigenvalue weighted by molar-refractivity contribution is 0.0685. The largest absolute Gasteiger partial charge is 0.477 e. The van der Waals surface area contributed by atoms with Gasteiger partial charge in [0.15, 0.2) is 0 Å². The summed E-state index contributed by atoms with van der Waals surface area (Å²) < 4.78 is 15.9. The second-order valence-electron chi connectivity index (χ2n) is 4.63. The predicted octanol–water partition coefficient (Wildman–Crippen LogP) is 4.09. The highest BCUT2D eigenvalue weighted by molar-refractivity contribution is 9.10. The van der Waals surface area contributed by atoms with Crippen LogP contribution in [0.5, 0.6) is 0 Å². The molecule has 5 heteroatoms. The molecule has 0 atom stereocenters. The highest BCUT2D eigenvalue weighted by atomic mass is 79.9. The minimum absolute atomic E-state index is 0.214. The molecule has 1 N–H and O–H groups in total. The van der Waals surface area contributed by atoms with Gasteiger partial charge in [0.25, 0.3) is 0 Å². The number of aromatic carboxylic acids is 1. The molecule has 98 valence electrons. The molecule has 0 bridgehead atoms. The quantitative estimate of drug-likeness (QED) is 0.924. The first kappa shape index (κ1) is 12.4. The lowest BCUT2D eigenvalue weighted by atomic mass is 10.1. The molecule has 1 aliphatic rings. The summed E-state index contributed by atoms with van der Waals surface area (Å²) in [5.74, 6) is -1.29. The number of benzene rings is 1. The van der Waals surface area contributed by atoms with E-state index in [-0.39, 0.29) is 17.6 Å². The zero-order chi connectivity index (χ0) is 13.6. The summed E-state index contributed by atoms with van der Waals surface area (Å²) in [7, 11) is 0. The molecule has 0 radical (unpaired) electrons. The minimum Gasteiger partial charge on any atom is -0.477 e. The summed E-state index contributed by atoms with van der Waals surface area (Å²) in [6, 6.07) is 7.95. The fourth-order valence-electron chi connectivity index (χ4n) is 2.26. The molecular formula is C14H11BrFNO2. The van der Waals surface area contributed by atoms with Crippen LogP contribution in [0.25, 0.3) is 11.3 Å². The molecular weight excluding hydrogens is 313 g/mol. The van der Waals surface area contributed by atoms with Crippen LogP contribution in [0.3, 0.4) is 0 Å². The van der Waals surface area contributed by atoms with E-state index in [0.29, 0.717) is 5.56 Å². The zero-order valence-electron chi connectivity index (χ0n) is 9.94. The van der Waals surface area contributed by atoms with Gasteiger partial charge in [0.2, 0.25) is 0 Å². The number of carboxylic acids is 1. The molecule has 1 aromatic carbocycles. The van der Waals surface area contributed by atoms with Crippen molar-refractivity contribution in [1.82, 2.24) is 4.57 Å². The van der Waals surface area contributed by atoms with Gasteiger partial charge in [-0.1, -0.05) is 15.9 Å². The number of carbonyl (C=O) groups is 1. The van der Waals surface area contributed by atoms with Crippen molar-refractivity contribution in [3.63, 3.8) is 0 Å². The van der Waals surface area contributed by atoms with Gasteiger partial charge in [-0.2, -0.15) is 0 Å². The minimum atomic E-state index is -0.953. The van der Waals surface area contributed by atoms with E-state index in [0.717, 1.165) is 23.0 Å². The molecule has 0 amide bonds. The monoisotopic (exact) mass is 323 g/mol.